The van der Waals surface area contributed by atoms with E-state index in [4.69, 9.17) is 16.2 Å². The summed E-state index contributed by atoms with van der Waals surface area (Å²) in [5, 5.41) is 0. The maximum absolute atomic E-state index is 6.00. The topological polar surface area (TPSA) is 61.3 Å². The Morgan fingerprint density at radius 3 is 2.77 bits per heavy atom. The molecule has 1 aliphatic heterocycles. The van der Waals surface area contributed by atoms with Crippen molar-refractivity contribution in [3.8, 4) is 5.75 Å². The first-order valence-electron chi connectivity index (χ1n) is 4.50. The lowest BCUT2D eigenvalue weighted by Gasteiger charge is -2.26. The second-order valence-corrected chi connectivity index (χ2v) is 3.43. The number of hydrogen-bond acceptors (Lipinski definition) is 3. The lowest BCUT2D eigenvalue weighted by molar-refractivity contribution is 0.0723. The van der Waals surface area contributed by atoms with Crippen LogP contribution < -0.4 is 16.2 Å². The molecule has 0 amide bonds. The zero-order valence-corrected chi connectivity index (χ0v) is 7.66. The molecule has 0 saturated carbocycles. The highest BCUT2D eigenvalue weighted by molar-refractivity contribution is 5.41. The molecule has 0 radical (unpaired) electrons. The van der Waals surface area contributed by atoms with Gasteiger partial charge in [-0.15, -0.1) is 0 Å². The largest absolute Gasteiger partial charge is 0.471 e. The number of fused-ring (bicyclic) bond motifs is 1. The lowest BCUT2D eigenvalue weighted by atomic mass is 9.98. The molecule has 3 heteroatoms. The summed E-state index contributed by atoms with van der Waals surface area (Å²) >= 11 is 0. The summed E-state index contributed by atoms with van der Waals surface area (Å²) in [5.41, 5.74) is 12.3. The molecule has 0 aromatic heterocycles. The molecule has 13 heavy (non-hydrogen) atoms. The van der Waals surface area contributed by atoms with E-state index in [0.717, 1.165) is 11.3 Å². The first kappa shape index (κ1) is 8.53. The Kier molecular flexibility index (Phi) is 1.78. The van der Waals surface area contributed by atoms with E-state index in [1.807, 2.05) is 31.2 Å². The SMILES string of the molecule is CCC1(N)Oc2ccccc2C1N. The molecule has 2 unspecified atom stereocenters. The molecule has 2 atom stereocenters. The Balaban J connectivity index is 2.43. The Labute approximate surface area is 77.7 Å². The Bertz CT molecular complexity index is 326. The molecule has 3 nitrogen and oxygen atoms in total. The normalized spacial score (nSPS) is 31.2. The first-order valence-corrected chi connectivity index (χ1v) is 4.50. The van der Waals surface area contributed by atoms with Gasteiger partial charge in [-0.3, -0.25) is 5.73 Å². The van der Waals surface area contributed by atoms with E-state index in [2.05, 4.69) is 0 Å². The zero-order valence-electron chi connectivity index (χ0n) is 7.66. The van der Waals surface area contributed by atoms with Gasteiger partial charge in [-0.05, 0) is 12.5 Å². The van der Waals surface area contributed by atoms with E-state index in [1.165, 1.54) is 0 Å². The zero-order chi connectivity index (χ0) is 9.47. The van der Waals surface area contributed by atoms with E-state index >= 15 is 0 Å². The van der Waals surface area contributed by atoms with Crippen molar-refractivity contribution < 1.29 is 4.74 Å². The molecule has 70 valence electrons. The van der Waals surface area contributed by atoms with Gasteiger partial charge < -0.3 is 10.5 Å². The van der Waals surface area contributed by atoms with Gasteiger partial charge in [-0.1, -0.05) is 25.1 Å². The third kappa shape index (κ3) is 1.12. The molecule has 4 N–H and O–H groups in total. The summed E-state index contributed by atoms with van der Waals surface area (Å²) in [4.78, 5) is 0. The van der Waals surface area contributed by atoms with E-state index in [0.29, 0.717) is 6.42 Å². The Morgan fingerprint density at radius 2 is 2.15 bits per heavy atom. The molecule has 0 fully saturated rings. The monoisotopic (exact) mass is 178 g/mol. The van der Waals surface area contributed by atoms with Crippen molar-refractivity contribution in [2.24, 2.45) is 11.5 Å². The van der Waals surface area contributed by atoms with E-state index < -0.39 is 5.72 Å². The molecule has 1 aromatic carbocycles. The van der Waals surface area contributed by atoms with Crippen LogP contribution in [0.15, 0.2) is 24.3 Å². The van der Waals surface area contributed by atoms with Gasteiger partial charge in [0.15, 0.2) is 5.72 Å². The second-order valence-electron chi connectivity index (χ2n) is 3.43. The molecule has 1 heterocycles. The van der Waals surface area contributed by atoms with E-state index in [9.17, 15) is 0 Å². The minimum absolute atomic E-state index is 0.214. The van der Waals surface area contributed by atoms with Crippen LogP contribution in [0.25, 0.3) is 0 Å². The molecule has 0 spiro atoms. The summed E-state index contributed by atoms with van der Waals surface area (Å²) < 4.78 is 5.61. The van der Waals surface area contributed by atoms with Crippen molar-refractivity contribution in [3.63, 3.8) is 0 Å². The van der Waals surface area contributed by atoms with Crippen molar-refractivity contribution in [2.45, 2.75) is 25.1 Å². The number of ether oxygens (including phenoxy) is 1. The maximum atomic E-state index is 6.00. The standard InChI is InChI=1S/C10H14N2O/c1-2-10(12)9(11)7-5-3-4-6-8(7)13-10/h3-6,9H,2,11-12H2,1H3. The first-order chi connectivity index (χ1) is 6.17. The van der Waals surface area contributed by atoms with Crippen LogP contribution in [0.5, 0.6) is 5.75 Å². The predicted molar refractivity (Wildman–Crippen MR) is 51.2 cm³/mol. The quantitative estimate of drug-likeness (QED) is 0.678. The fourth-order valence-corrected chi connectivity index (χ4v) is 1.65. The van der Waals surface area contributed by atoms with Gasteiger partial charge in [-0.2, -0.15) is 0 Å². The van der Waals surface area contributed by atoms with Crippen molar-refractivity contribution in [2.75, 3.05) is 0 Å². The van der Waals surface area contributed by atoms with Crippen molar-refractivity contribution >= 4 is 0 Å². The smallest absolute Gasteiger partial charge is 0.177 e. The molecule has 0 aliphatic carbocycles. The van der Waals surface area contributed by atoms with Crippen LogP contribution in [-0.2, 0) is 0 Å². The Morgan fingerprint density at radius 1 is 1.46 bits per heavy atom. The summed E-state index contributed by atoms with van der Waals surface area (Å²) in [6.07, 6.45) is 0.711. The second kappa shape index (κ2) is 2.72. The fourth-order valence-electron chi connectivity index (χ4n) is 1.65. The van der Waals surface area contributed by atoms with Gasteiger partial charge in [0.2, 0.25) is 0 Å². The lowest BCUT2D eigenvalue weighted by Crippen LogP contribution is -2.50. The van der Waals surface area contributed by atoms with Crippen LogP contribution in [0.1, 0.15) is 24.9 Å². The summed E-state index contributed by atoms with van der Waals surface area (Å²) in [6, 6.07) is 7.52. The average Bonchev–Trinajstić information content (AvgIpc) is 2.41. The number of benzene rings is 1. The molecule has 0 saturated heterocycles. The molecular weight excluding hydrogens is 164 g/mol. The molecular formula is C10H14N2O. The van der Waals surface area contributed by atoms with Crippen molar-refractivity contribution in [1.29, 1.82) is 0 Å². The highest BCUT2D eigenvalue weighted by Crippen LogP contribution is 2.40. The van der Waals surface area contributed by atoms with Gasteiger partial charge in [0, 0.05) is 5.56 Å². The van der Waals surface area contributed by atoms with Gasteiger partial charge in [0.05, 0.1) is 6.04 Å². The van der Waals surface area contributed by atoms with Crippen LogP contribution in [0, 0.1) is 0 Å². The number of rotatable bonds is 1. The molecule has 2 rings (SSSR count). The number of nitrogens with two attached hydrogens (primary N) is 2. The minimum atomic E-state index is -0.719. The third-order valence-corrected chi connectivity index (χ3v) is 2.63. The number of para-hydroxylation sites is 1. The van der Waals surface area contributed by atoms with Crippen molar-refractivity contribution in [3.05, 3.63) is 29.8 Å². The van der Waals surface area contributed by atoms with Crippen LogP contribution in [0.4, 0.5) is 0 Å². The van der Waals surface area contributed by atoms with Crippen LogP contribution in [0.3, 0.4) is 0 Å². The van der Waals surface area contributed by atoms with E-state index in [-0.39, 0.29) is 6.04 Å². The van der Waals surface area contributed by atoms with Gasteiger partial charge in [0.25, 0.3) is 0 Å². The van der Waals surface area contributed by atoms with Crippen molar-refractivity contribution in [1.82, 2.24) is 0 Å². The summed E-state index contributed by atoms with van der Waals surface area (Å²) in [5.74, 6) is 0.819. The van der Waals surface area contributed by atoms with Gasteiger partial charge >= 0.3 is 0 Å². The van der Waals surface area contributed by atoms with Gasteiger partial charge in [-0.25, -0.2) is 0 Å². The van der Waals surface area contributed by atoms with E-state index in [1.54, 1.807) is 0 Å². The summed E-state index contributed by atoms with van der Waals surface area (Å²) in [6.45, 7) is 1.98. The molecule has 1 aliphatic rings. The van der Waals surface area contributed by atoms with Crippen LogP contribution >= 0.6 is 0 Å². The fraction of sp³-hybridized carbons (Fsp3) is 0.400. The summed E-state index contributed by atoms with van der Waals surface area (Å²) in [7, 11) is 0. The average molecular weight is 178 g/mol. The van der Waals surface area contributed by atoms with Crippen LogP contribution in [0.2, 0.25) is 0 Å². The Hall–Kier alpha value is -1.06. The highest BCUT2D eigenvalue weighted by Gasteiger charge is 2.41. The number of hydrogen-bond donors (Lipinski definition) is 2. The molecule has 0 bridgehead atoms. The minimum Gasteiger partial charge on any atom is -0.471 e. The highest BCUT2D eigenvalue weighted by atomic mass is 16.5. The van der Waals surface area contributed by atoms with Crippen LogP contribution in [-0.4, -0.2) is 5.72 Å². The molecule has 1 aromatic rings. The predicted octanol–water partition coefficient (Wildman–Crippen LogP) is 1.14. The maximum Gasteiger partial charge on any atom is 0.177 e. The van der Waals surface area contributed by atoms with Gasteiger partial charge in [0.1, 0.15) is 5.75 Å². The third-order valence-electron chi connectivity index (χ3n) is 2.63.